The number of anilines is 1. The van der Waals surface area contributed by atoms with E-state index >= 15 is 0 Å². The van der Waals surface area contributed by atoms with Crippen molar-refractivity contribution in [3.05, 3.63) is 53.1 Å². The van der Waals surface area contributed by atoms with Gasteiger partial charge in [0.2, 0.25) is 5.91 Å². The second-order valence-electron chi connectivity index (χ2n) is 5.33. The molecule has 1 aliphatic rings. The van der Waals surface area contributed by atoms with Crippen LogP contribution in [0.3, 0.4) is 0 Å². The predicted molar refractivity (Wildman–Crippen MR) is 82.9 cm³/mol. The third-order valence-corrected chi connectivity index (χ3v) is 3.72. The van der Waals surface area contributed by atoms with Crippen molar-refractivity contribution >= 4 is 11.6 Å². The zero-order chi connectivity index (χ0) is 15.0. The monoisotopic (exact) mass is 282 g/mol. The summed E-state index contributed by atoms with van der Waals surface area (Å²) < 4.78 is 5.95. The summed E-state index contributed by atoms with van der Waals surface area (Å²) in [5.74, 6) is 1.53. The van der Waals surface area contributed by atoms with Gasteiger partial charge in [0.1, 0.15) is 17.5 Å². The second-order valence-corrected chi connectivity index (χ2v) is 5.33. The topological polar surface area (TPSA) is 50.4 Å². The number of ether oxygens (including phenoxy) is 1. The molecule has 3 rings (SSSR count). The Labute approximate surface area is 124 Å². The summed E-state index contributed by atoms with van der Waals surface area (Å²) in [5, 5.41) is 5.87. The Hall–Kier alpha value is -2.33. The highest BCUT2D eigenvalue weighted by Gasteiger charge is 2.29. The summed E-state index contributed by atoms with van der Waals surface area (Å²) in [4.78, 5) is 11.8. The van der Waals surface area contributed by atoms with Gasteiger partial charge in [0, 0.05) is 17.3 Å². The summed E-state index contributed by atoms with van der Waals surface area (Å²) in [6.45, 7) is 4.05. The highest BCUT2D eigenvalue weighted by molar-refractivity contribution is 6.02. The van der Waals surface area contributed by atoms with Crippen molar-refractivity contribution in [2.75, 3.05) is 12.4 Å². The Morgan fingerprint density at radius 3 is 2.71 bits per heavy atom. The average Bonchev–Trinajstić information content (AvgIpc) is 2.77. The van der Waals surface area contributed by atoms with E-state index in [2.05, 4.69) is 16.7 Å². The Morgan fingerprint density at radius 1 is 1.14 bits per heavy atom. The fourth-order valence-electron chi connectivity index (χ4n) is 2.54. The summed E-state index contributed by atoms with van der Waals surface area (Å²) >= 11 is 0. The quantitative estimate of drug-likeness (QED) is 0.908. The van der Waals surface area contributed by atoms with Crippen LogP contribution in [0.15, 0.2) is 36.4 Å². The first-order valence-corrected chi connectivity index (χ1v) is 6.95. The molecule has 0 radical (unpaired) electrons. The Kier molecular flexibility index (Phi) is 3.39. The second kappa shape index (κ2) is 5.22. The van der Waals surface area contributed by atoms with Gasteiger partial charge in [0.15, 0.2) is 0 Å². The van der Waals surface area contributed by atoms with E-state index in [-0.39, 0.29) is 11.9 Å². The van der Waals surface area contributed by atoms with Gasteiger partial charge in [0.05, 0.1) is 0 Å². The van der Waals surface area contributed by atoms with Crippen LogP contribution in [0.5, 0.6) is 11.5 Å². The van der Waals surface area contributed by atoms with Crippen LogP contribution in [0.4, 0.5) is 5.69 Å². The molecule has 0 bridgehead atoms. The van der Waals surface area contributed by atoms with Crippen LogP contribution in [0, 0.1) is 13.8 Å². The molecule has 2 N–H and O–H groups in total. The maximum absolute atomic E-state index is 11.8. The molecular weight excluding hydrogens is 264 g/mol. The number of carbonyl (C=O) groups is 1. The molecule has 1 atom stereocenters. The minimum absolute atomic E-state index is 0.0311. The number of hydrogen-bond donors (Lipinski definition) is 2. The van der Waals surface area contributed by atoms with E-state index < -0.39 is 0 Å². The van der Waals surface area contributed by atoms with Crippen molar-refractivity contribution in [1.29, 1.82) is 0 Å². The largest absolute Gasteiger partial charge is 0.457 e. The molecule has 0 spiro atoms. The molecule has 1 unspecified atom stereocenters. The van der Waals surface area contributed by atoms with Crippen molar-refractivity contribution in [3.63, 3.8) is 0 Å². The molecule has 0 aromatic heterocycles. The summed E-state index contributed by atoms with van der Waals surface area (Å²) in [6, 6.07) is 11.5. The highest BCUT2D eigenvalue weighted by atomic mass is 16.5. The van der Waals surface area contributed by atoms with Crippen LogP contribution in [0.2, 0.25) is 0 Å². The minimum Gasteiger partial charge on any atom is -0.457 e. The van der Waals surface area contributed by atoms with Crippen LogP contribution in [0.1, 0.15) is 22.7 Å². The molecular formula is C17H18N2O2. The van der Waals surface area contributed by atoms with E-state index in [0.29, 0.717) is 0 Å². The van der Waals surface area contributed by atoms with Gasteiger partial charge in [-0.05, 0) is 44.2 Å². The van der Waals surface area contributed by atoms with Crippen LogP contribution in [-0.4, -0.2) is 13.0 Å². The van der Waals surface area contributed by atoms with Crippen molar-refractivity contribution < 1.29 is 9.53 Å². The zero-order valence-electron chi connectivity index (χ0n) is 12.4. The highest BCUT2D eigenvalue weighted by Crippen LogP contribution is 2.35. The van der Waals surface area contributed by atoms with Gasteiger partial charge in [0.25, 0.3) is 0 Å². The summed E-state index contributed by atoms with van der Waals surface area (Å²) in [6.07, 6.45) is 0. The van der Waals surface area contributed by atoms with Crippen LogP contribution in [-0.2, 0) is 4.79 Å². The molecule has 0 fully saturated rings. The fourth-order valence-corrected chi connectivity index (χ4v) is 2.54. The number of aryl methyl sites for hydroxylation is 2. The maximum Gasteiger partial charge on any atom is 0.246 e. The van der Waals surface area contributed by atoms with Gasteiger partial charge in [-0.1, -0.05) is 18.2 Å². The summed E-state index contributed by atoms with van der Waals surface area (Å²) in [5.41, 5.74) is 4.00. The van der Waals surface area contributed by atoms with Gasteiger partial charge in [-0.2, -0.15) is 0 Å². The summed E-state index contributed by atoms with van der Waals surface area (Å²) in [7, 11) is 1.78. The Balaban J connectivity index is 1.90. The normalized spacial score (nSPS) is 16.5. The van der Waals surface area contributed by atoms with E-state index in [1.807, 2.05) is 44.2 Å². The first kappa shape index (κ1) is 13.6. The van der Waals surface area contributed by atoms with Gasteiger partial charge >= 0.3 is 0 Å². The molecule has 0 saturated heterocycles. The SMILES string of the molecule is CNC1C(=O)Nc2cc(Oc3cc(C)ccc3C)ccc21. The van der Waals surface area contributed by atoms with Gasteiger partial charge in [-0.15, -0.1) is 0 Å². The molecule has 4 nitrogen and oxygen atoms in total. The Morgan fingerprint density at radius 2 is 1.95 bits per heavy atom. The lowest BCUT2D eigenvalue weighted by molar-refractivity contribution is -0.117. The third kappa shape index (κ3) is 2.50. The number of benzene rings is 2. The number of amides is 1. The molecule has 0 aliphatic carbocycles. The molecule has 21 heavy (non-hydrogen) atoms. The first-order valence-electron chi connectivity index (χ1n) is 6.95. The first-order chi connectivity index (χ1) is 10.1. The minimum atomic E-state index is -0.283. The number of nitrogens with one attached hydrogen (secondary N) is 2. The van der Waals surface area contributed by atoms with Crippen LogP contribution < -0.4 is 15.4 Å². The van der Waals surface area contributed by atoms with Gasteiger partial charge in [-0.25, -0.2) is 0 Å². The number of fused-ring (bicyclic) bond motifs is 1. The zero-order valence-corrected chi connectivity index (χ0v) is 12.4. The molecule has 2 aromatic carbocycles. The molecule has 1 aliphatic heterocycles. The Bertz CT molecular complexity index is 710. The lowest BCUT2D eigenvalue weighted by Crippen LogP contribution is -2.23. The molecule has 2 aromatic rings. The third-order valence-electron chi connectivity index (χ3n) is 3.72. The van der Waals surface area contributed by atoms with E-state index in [1.54, 1.807) is 7.05 Å². The lowest BCUT2D eigenvalue weighted by atomic mass is 10.1. The van der Waals surface area contributed by atoms with E-state index in [0.717, 1.165) is 33.9 Å². The average molecular weight is 282 g/mol. The van der Waals surface area contributed by atoms with Crippen LogP contribution >= 0.6 is 0 Å². The number of likely N-dealkylation sites (N-methyl/N-ethyl adjacent to an activating group) is 1. The van der Waals surface area contributed by atoms with Crippen molar-refractivity contribution in [3.8, 4) is 11.5 Å². The molecule has 108 valence electrons. The maximum atomic E-state index is 11.8. The van der Waals surface area contributed by atoms with Crippen molar-refractivity contribution in [2.24, 2.45) is 0 Å². The number of carbonyl (C=O) groups excluding carboxylic acids is 1. The lowest BCUT2D eigenvalue weighted by Gasteiger charge is -2.11. The predicted octanol–water partition coefficient (Wildman–Crippen LogP) is 3.31. The van der Waals surface area contributed by atoms with E-state index in [4.69, 9.17) is 4.74 Å². The van der Waals surface area contributed by atoms with Gasteiger partial charge in [-0.3, -0.25) is 4.79 Å². The molecule has 0 saturated carbocycles. The fraction of sp³-hybridized carbons (Fsp3) is 0.235. The smallest absolute Gasteiger partial charge is 0.246 e. The van der Waals surface area contributed by atoms with E-state index in [1.165, 1.54) is 0 Å². The van der Waals surface area contributed by atoms with Gasteiger partial charge < -0.3 is 15.4 Å². The number of rotatable bonds is 3. The van der Waals surface area contributed by atoms with Crippen molar-refractivity contribution in [2.45, 2.75) is 19.9 Å². The molecule has 1 heterocycles. The standard InChI is InChI=1S/C17H18N2O2/c1-10-4-5-11(2)15(8-10)21-12-6-7-13-14(9-12)19-17(20)16(13)18-3/h4-9,16,18H,1-3H3,(H,19,20). The molecule has 1 amide bonds. The van der Waals surface area contributed by atoms with Crippen molar-refractivity contribution in [1.82, 2.24) is 5.32 Å². The molecule has 4 heteroatoms. The van der Waals surface area contributed by atoms with Crippen LogP contribution in [0.25, 0.3) is 0 Å². The van der Waals surface area contributed by atoms with E-state index in [9.17, 15) is 4.79 Å². The number of hydrogen-bond acceptors (Lipinski definition) is 3.